The molecule has 254 valence electrons. The van der Waals surface area contributed by atoms with Crippen molar-refractivity contribution in [3.63, 3.8) is 0 Å². The van der Waals surface area contributed by atoms with E-state index in [1.807, 2.05) is 13.8 Å². The smallest absolute Gasteiger partial charge is 0.203 e. The van der Waals surface area contributed by atoms with Gasteiger partial charge in [-0.3, -0.25) is 24.0 Å². The van der Waals surface area contributed by atoms with Gasteiger partial charge < -0.3 is 20.4 Å². The average molecular weight is 657 g/mol. The lowest BCUT2D eigenvalue weighted by Crippen LogP contribution is -2.69. The molecule has 4 N–H and O–H groups in total. The summed E-state index contributed by atoms with van der Waals surface area (Å²) in [5.41, 5.74) is -3.36. The van der Waals surface area contributed by atoms with E-state index in [1.54, 1.807) is 58.0 Å². The van der Waals surface area contributed by atoms with Gasteiger partial charge >= 0.3 is 0 Å². The van der Waals surface area contributed by atoms with Gasteiger partial charge in [0.05, 0.1) is 5.56 Å². The zero-order valence-electron chi connectivity index (χ0n) is 28.8. The lowest BCUT2D eigenvalue weighted by molar-refractivity contribution is -0.178. The second kappa shape index (κ2) is 11.7. The number of carbonyl (C=O) groups is 5. The number of rotatable bonds is 8. The molecule has 5 rings (SSSR count). The molecule has 0 saturated heterocycles. The van der Waals surface area contributed by atoms with Crippen molar-refractivity contribution in [2.75, 3.05) is 0 Å². The monoisotopic (exact) mass is 656 g/mol. The number of hydrogen-bond acceptors (Lipinski definition) is 9. The van der Waals surface area contributed by atoms with Crippen LogP contribution >= 0.6 is 0 Å². The first-order valence-electron chi connectivity index (χ1n) is 16.4. The van der Waals surface area contributed by atoms with Crippen LogP contribution in [0.5, 0.6) is 5.75 Å². The molecule has 48 heavy (non-hydrogen) atoms. The molecule has 0 heterocycles. The second-order valence-electron chi connectivity index (χ2n) is 15.1. The molecule has 1 fully saturated rings. The Bertz CT molecular complexity index is 1860. The van der Waals surface area contributed by atoms with Crippen LogP contribution in [0.15, 0.2) is 47.2 Å². The quantitative estimate of drug-likeness (QED) is 0.201. The van der Waals surface area contributed by atoms with Gasteiger partial charge in [-0.15, -0.1) is 0 Å². The van der Waals surface area contributed by atoms with Gasteiger partial charge in [0.15, 0.2) is 23.0 Å². The van der Waals surface area contributed by atoms with Crippen molar-refractivity contribution in [1.29, 1.82) is 0 Å². The number of fused-ring (bicyclic) bond motifs is 3. The summed E-state index contributed by atoms with van der Waals surface area (Å²) in [6.45, 7) is 13.3. The van der Waals surface area contributed by atoms with Gasteiger partial charge in [-0.2, -0.15) is 0 Å². The van der Waals surface area contributed by atoms with E-state index in [9.17, 15) is 44.4 Å². The first-order chi connectivity index (χ1) is 22.2. The molecule has 2 aromatic carbocycles. The van der Waals surface area contributed by atoms with Crippen LogP contribution < -0.4 is 0 Å². The van der Waals surface area contributed by atoms with Crippen LogP contribution in [0, 0.1) is 22.7 Å². The van der Waals surface area contributed by atoms with Gasteiger partial charge in [0.2, 0.25) is 5.78 Å². The minimum Gasteiger partial charge on any atom is -0.508 e. The fourth-order valence-electron chi connectivity index (χ4n) is 8.88. The molecule has 3 aliphatic rings. The van der Waals surface area contributed by atoms with Crippen LogP contribution in [-0.4, -0.2) is 54.9 Å². The lowest BCUT2D eigenvalue weighted by atomic mass is 9.43. The van der Waals surface area contributed by atoms with Gasteiger partial charge in [0.25, 0.3) is 0 Å². The van der Waals surface area contributed by atoms with Crippen molar-refractivity contribution in [3.8, 4) is 5.75 Å². The predicted molar refractivity (Wildman–Crippen MR) is 179 cm³/mol. The van der Waals surface area contributed by atoms with Crippen molar-refractivity contribution in [2.45, 2.75) is 92.6 Å². The van der Waals surface area contributed by atoms with Gasteiger partial charge in [-0.25, -0.2) is 0 Å². The minimum atomic E-state index is -2.70. The highest BCUT2D eigenvalue weighted by Gasteiger charge is 2.72. The molecule has 0 bridgehead atoms. The topological polar surface area (TPSA) is 166 Å². The third kappa shape index (κ3) is 4.97. The number of hydrogen-bond donors (Lipinski definition) is 4. The van der Waals surface area contributed by atoms with E-state index < -0.39 is 62.7 Å². The highest BCUT2D eigenvalue weighted by molar-refractivity contribution is 6.24. The number of phenolic OH excluding ortho intramolecular Hbond substituents is 1. The number of Topliss-reactive ketones (excluding diaryl/α,β-unsaturated/α-hetero) is 5. The van der Waals surface area contributed by atoms with Crippen molar-refractivity contribution >= 4 is 34.7 Å². The summed E-state index contributed by atoms with van der Waals surface area (Å²) in [5.74, 6) is -6.21. The Hall–Kier alpha value is -4.37. The number of carbonyl (C=O) groups excluding carboxylic acids is 5. The number of phenols is 1. The third-order valence-corrected chi connectivity index (χ3v) is 10.9. The molecule has 2 aromatic rings. The summed E-state index contributed by atoms with van der Waals surface area (Å²) < 4.78 is 0. The highest BCUT2D eigenvalue weighted by atomic mass is 16.3. The maximum atomic E-state index is 14.6. The molecule has 9 nitrogen and oxygen atoms in total. The molecule has 3 aliphatic carbocycles. The predicted octanol–water partition coefficient (Wildman–Crippen LogP) is 5.87. The lowest BCUT2D eigenvalue weighted by Gasteiger charge is -2.60. The molecule has 1 unspecified atom stereocenters. The van der Waals surface area contributed by atoms with Crippen molar-refractivity contribution in [1.82, 2.24) is 0 Å². The maximum absolute atomic E-state index is 14.6. The van der Waals surface area contributed by atoms with Crippen LogP contribution in [0.1, 0.15) is 106 Å². The molecule has 9 heteroatoms. The first-order valence-corrected chi connectivity index (χ1v) is 16.4. The number of aromatic hydroxyl groups is 1. The fraction of sp³-hybridized carbons (Fsp3) is 0.462. The van der Waals surface area contributed by atoms with Crippen molar-refractivity contribution < 1.29 is 44.4 Å². The Morgan fingerprint density at radius 2 is 1.52 bits per heavy atom. The van der Waals surface area contributed by atoms with E-state index >= 15 is 0 Å². The van der Waals surface area contributed by atoms with Crippen LogP contribution in [0.2, 0.25) is 0 Å². The van der Waals surface area contributed by atoms with E-state index in [-0.39, 0.29) is 65.6 Å². The summed E-state index contributed by atoms with van der Waals surface area (Å²) in [6, 6.07) is 8.47. The molecule has 0 radical (unpaired) electrons. The zero-order valence-corrected chi connectivity index (χ0v) is 28.8. The second-order valence-corrected chi connectivity index (χ2v) is 15.1. The van der Waals surface area contributed by atoms with Crippen molar-refractivity contribution in [2.24, 2.45) is 22.7 Å². The average Bonchev–Trinajstić information content (AvgIpc) is 2.96. The molecule has 4 atom stereocenters. The number of aliphatic hydroxyl groups is 3. The van der Waals surface area contributed by atoms with E-state index in [0.717, 1.165) is 12.5 Å². The number of benzene rings is 2. The van der Waals surface area contributed by atoms with E-state index in [2.05, 4.69) is 0 Å². The van der Waals surface area contributed by atoms with Crippen LogP contribution in [0.4, 0.5) is 0 Å². The molecule has 0 aliphatic heterocycles. The third-order valence-electron chi connectivity index (χ3n) is 10.9. The Labute approximate surface area is 280 Å². The standard InChI is InChI=1S/C39H44O9/c1-18(2)26-15-24(14-25(42)13-22-9-11-23(12-10-22)20(5)40)32(43)29-27(26)16-37(7)17-38(8)30(19(3)4)33(44)28(21(6)41)35(46)39(38,48)36(47)31(37)34(29)45/h9-12,15,18-19,30,43,45-46,48H,13-14,16-17H2,1-8H3/t30?,37-,38-,39+/m1/s1. The summed E-state index contributed by atoms with van der Waals surface area (Å²) in [7, 11) is 0. The summed E-state index contributed by atoms with van der Waals surface area (Å²) >= 11 is 0. The number of aliphatic hydroxyl groups excluding tert-OH is 2. The Balaban J connectivity index is 1.66. The normalized spacial score (nSPS) is 26.9. The van der Waals surface area contributed by atoms with Crippen LogP contribution in [0.25, 0.3) is 5.76 Å². The Morgan fingerprint density at radius 3 is 2.04 bits per heavy atom. The van der Waals surface area contributed by atoms with Gasteiger partial charge in [-0.1, -0.05) is 71.9 Å². The Morgan fingerprint density at radius 1 is 0.917 bits per heavy atom. The summed E-state index contributed by atoms with van der Waals surface area (Å²) in [5, 5.41) is 47.3. The molecule has 1 saturated carbocycles. The van der Waals surface area contributed by atoms with Gasteiger partial charge in [0, 0.05) is 46.3 Å². The molecule has 0 spiro atoms. The molecule has 0 aromatic heterocycles. The highest BCUT2D eigenvalue weighted by Crippen LogP contribution is 2.65. The fourth-order valence-corrected chi connectivity index (χ4v) is 8.88. The minimum absolute atomic E-state index is 0.00581. The SMILES string of the molecule is CC(=O)C1=C(O)[C@]2(O)C(=O)C3=C(O)c4c(O)c(CC(=O)Cc5ccc(C(C)=O)cc5)cc(C(C)C)c4C[C@]3(C)C[C@]2(C)C(C(C)C)C1=O. The van der Waals surface area contributed by atoms with E-state index in [1.165, 1.54) is 6.92 Å². The number of ketones is 5. The maximum Gasteiger partial charge on any atom is 0.203 e. The van der Waals surface area contributed by atoms with Gasteiger partial charge in [-0.05, 0) is 55.2 Å². The summed E-state index contributed by atoms with van der Waals surface area (Å²) in [4.78, 5) is 65.9. The Kier molecular flexibility index (Phi) is 8.48. The van der Waals surface area contributed by atoms with Crippen molar-refractivity contribution in [3.05, 3.63) is 80.6 Å². The zero-order chi connectivity index (χ0) is 35.8. The summed E-state index contributed by atoms with van der Waals surface area (Å²) in [6.07, 6.45) is 0.0411. The van der Waals surface area contributed by atoms with E-state index in [0.29, 0.717) is 16.7 Å². The van der Waals surface area contributed by atoms with Crippen LogP contribution in [0.3, 0.4) is 0 Å². The largest absolute Gasteiger partial charge is 0.508 e. The molecular formula is C39H44O9. The first kappa shape index (κ1) is 35.0. The van der Waals surface area contributed by atoms with Crippen LogP contribution in [-0.2, 0) is 38.4 Å². The molecule has 0 amide bonds. The molecular weight excluding hydrogens is 612 g/mol. The van der Waals surface area contributed by atoms with E-state index in [4.69, 9.17) is 0 Å². The number of allylic oxidation sites excluding steroid dienone is 1. The van der Waals surface area contributed by atoms with Gasteiger partial charge in [0.1, 0.15) is 28.6 Å².